The summed E-state index contributed by atoms with van der Waals surface area (Å²) >= 11 is 0. The maximum atomic E-state index is 12.5. The van der Waals surface area contributed by atoms with E-state index in [4.69, 9.17) is 0 Å². The number of carbonyl (C=O) groups excluding carboxylic acids is 1. The van der Waals surface area contributed by atoms with E-state index in [1.807, 2.05) is 0 Å². The lowest BCUT2D eigenvalue weighted by molar-refractivity contribution is -0.137. The Kier molecular flexibility index (Phi) is 3.79. The Morgan fingerprint density at radius 1 is 1.15 bits per heavy atom. The molecule has 0 unspecified atom stereocenters. The Bertz CT molecular complexity index is 616. The molecule has 1 radical (unpaired) electrons. The van der Waals surface area contributed by atoms with Crippen LogP contribution in [0.4, 0.5) is 13.2 Å². The van der Waals surface area contributed by atoms with Gasteiger partial charge in [0, 0.05) is 0 Å². The predicted molar refractivity (Wildman–Crippen MR) is 67.1 cm³/mol. The number of ether oxygens (including phenoxy) is 1. The van der Waals surface area contributed by atoms with Crippen LogP contribution in [0.5, 0.6) is 0 Å². The predicted octanol–water partition coefficient (Wildman–Crippen LogP) is 3.96. The van der Waals surface area contributed by atoms with Gasteiger partial charge in [-0.3, -0.25) is 0 Å². The molecular formula is C15H10F3O2. The van der Waals surface area contributed by atoms with Gasteiger partial charge in [-0.1, -0.05) is 30.3 Å². The minimum atomic E-state index is -4.38. The molecule has 2 nitrogen and oxygen atoms in total. The first-order valence-corrected chi connectivity index (χ1v) is 5.70. The molecule has 0 aliphatic rings. The van der Waals surface area contributed by atoms with Crippen LogP contribution in [0.15, 0.2) is 42.5 Å². The Morgan fingerprint density at radius 3 is 2.35 bits per heavy atom. The molecule has 0 N–H and O–H groups in total. The van der Waals surface area contributed by atoms with Gasteiger partial charge < -0.3 is 4.74 Å². The van der Waals surface area contributed by atoms with Crippen LogP contribution in [0.3, 0.4) is 0 Å². The number of rotatable bonds is 2. The van der Waals surface area contributed by atoms with E-state index in [0.29, 0.717) is 11.1 Å². The average molecular weight is 279 g/mol. The van der Waals surface area contributed by atoms with Crippen molar-refractivity contribution in [3.8, 4) is 11.1 Å². The van der Waals surface area contributed by atoms with E-state index in [1.165, 1.54) is 19.2 Å². The molecule has 20 heavy (non-hydrogen) atoms. The van der Waals surface area contributed by atoms with E-state index in [0.717, 1.165) is 12.1 Å². The maximum Gasteiger partial charge on any atom is 0.416 e. The summed E-state index contributed by atoms with van der Waals surface area (Å²) in [6.45, 7) is 0. The number of hydrogen-bond acceptors (Lipinski definition) is 2. The number of methoxy groups -OCH3 is 1. The number of carbonyl (C=O) groups is 1. The van der Waals surface area contributed by atoms with Gasteiger partial charge in [0.25, 0.3) is 0 Å². The van der Waals surface area contributed by atoms with Gasteiger partial charge >= 0.3 is 12.1 Å². The quantitative estimate of drug-likeness (QED) is 0.778. The van der Waals surface area contributed by atoms with E-state index in [-0.39, 0.29) is 5.56 Å². The van der Waals surface area contributed by atoms with Crippen molar-refractivity contribution in [2.75, 3.05) is 7.11 Å². The molecular weight excluding hydrogens is 269 g/mol. The molecule has 0 aliphatic heterocycles. The van der Waals surface area contributed by atoms with Gasteiger partial charge in [-0.15, -0.1) is 0 Å². The highest BCUT2D eigenvalue weighted by Crippen LogP contribution is 2.31. The van der Waals surface area contributed by atoms with Crippen molar-refractivity contribution < 1.29 is 22.7 Å². The van der Waals surface area contributed by atoms with Crippen LogP contribution < -0.4 is 0 Å². The highest BCUT2D eigenvalue weighted by atomic mass is 19.4. The summed E-state index contributed by atoms with van der Waals surface area (Å²) in [6, 6.07) is 12.1. The van der Waals surface area contributed by atoms with Crippen LogP contribution in [0, 0.1) is 6.07 Å². The fourth-order valence-electron chi connectivity index (χ4n) is 1.79. The van der Waals surface area contributed by atoms with Gasteiger partial charge in [0.2, 0.25) is 0 Å². The lowest BCUT2D eigenvalue weighted by Gasteiger charge is -2.10. The zero-order chi connectivity index (χ0) is 14.8. The largest absolute Gasteiger partial charge is 0.465 e. The van der Waals surface area contributed by atoms with Crippen LogP contribution in [0.25, 0.3) is 11.1 Å². The minimum Gasteiger partial charge on any atom is -0.465 e. The molecule has 0 aromatic heterocycles. The Labute approximate surface area is 113 Å². The first-order chi connectivity index (χ1) is 9.43. The fourth-order valence-corrected chi connectivity index (χ4v) is 1.79. The first-order valence-electron chi connectivity index (χ1n) is 5.70. The molecule has 0 aliphatic carbocycles. The standard InChI is InChI=1S/C15H10F3O2/c1-20-14(19)13-5-3-2-4-12(13)10-6-8-11(9-7-10)15(16,17)18/h2-4,6-9H,1H3. The molecule has 0 atom stereocenters. The highest BCUT2D eigenvalue weighted by molar-refractivity contribution is 5.96. The van der Waals surface area contributed by atoms with Crippen molar-refractivity contribution in [1.29, 1.82) is 0 Å². The van der Waals surface area contributed by atoms with Gasteiger partial charge in [-0.25, -0.2) is 4.79 Å². The summed E-state index contributed by atoms with van der Waals surface area (Å²) in [5.74, 6) is -0.583. The summed E-state index contributed by atoms with van der Waals surface area (Å²) in [6.07, 6.45) is -4.38. The van der Waals surface area contributed by atoms with Crippen LogP contribution >= 0.6 is 0 Å². The SMILES string of the molecule is COC(=O)c1[c]cccc1-c1ccc(C(F)(F)F)cc1. The van der Waals surface area contributed by atoms with Crippen molar-refractivity contribution in [1.82, 2.24) is 0 Å². The molecule has 2 rings (SSSR count). The van der Waals surface area contributed by atoms with Crippen LogP contribution in [-0.2, 0) is 10.9 Å². The summed E-state index contributed by atoms with van der Waals surface area (Å²) in [5.41, 5.74) is 0.430. The summed E-state index contributed by atoms with van der Waals surface area (Å²) in [4.78, 5) is 11.6. The number of esters is 1. The van der Waals surface area contributed by atoms with E-state index >= 15 is 0 Å². The van der Waals surface area contributed by atoms with E-state index in [2.05, 4.69) is 10.8 Å². The Morgan fingerprint density at radius 2 is 1.80 bits per heavy atom. The topological polar surface area (TPSA) is 26.3 Å². The maximum absolute atomic E-state index is 12.5. The Hall–Kier alpha value is -2.30. The second-order valence-corrected chi connectivity index (χ2v) is 4.03. The second kappa shape index (κ2) is 5.36. The van der Waals surface area contributed by atoms with Crippen molar-refractivity contribution in [3.63, 3.8) is 0 Å². The minimum absolute atomic E-state index is 0.190. The van der Waals surface area contributed by atoms with Crippen molar-refractivity contribution in [3.05, 3.63) is 59.7 Å². The normalized spacial score (nSPS) is 11.2. The van der Waals surface area contributed by atoms with Gasteiger partial charge in [0.15, 0.2) is 0 Å². The lowest BCUT2D eigenvalue weighted by Crippen LogP contribution is -2.05. The molecule has 5 heteroatoms. The van der Waals surface area contributed by atoms with Gasteiger partial charge in [0.1, 0.15) is 0 Å². The lowest BCUT2D eigenvalue weighted by atomic mass is 9.98. The molecule has 0 bridgehead atoms. The molecule has 0 spiro atoms. The summed E-state index contributed by atoms with van der Waals surface area (Å²) in [7, 11) is 1.24. The first kappa shape index (κ1) is 14.1. The molecule has 103 valence electrons. The molecule has 0 heterocycles. The fraction of sp³-hybridized carbons (Fsp3) is 0.133. The summed E-state index contributed by atoms with van der Waals surface area (Å²) < 4.78 is 42.1. The number of halogens is 3. The van der Waals surface area contributed by atoms with Crippen molar-refractivity contribution in [2.45, 2.75) is 6.18 Å². The van der Waals surface area contributed by atoms with Crippen LogP contribution in [0.2, 0.25) is 0 Å². The Balaban J connectivity index is 2.45. The summed E-state index contributed by atoms with van der Waals surface area (Å²) in [5, 5.41) is 0. The zero-order valence-electron chi connectivity index (χ0n) is 10.5. The number of benzene rings is 2. The van der Waals surface area contributed by atoms with E-state index in [1.54, 1.807) is 18.2 Å². The third kappa shape index (κ3) is 2.82. The zero-order valence-corrected chi connectivity index (χ0v) is 10.5. The van der Waals surface area contributed by atoms with Gasteiger partial charge in [-0.05, 0) is 29.3 Å². The third-order valence-electron chi connectivity index (χ3n) is 2.77. The van der Waals surface area contributed by atoms with Gasteiger partial charge in [-0.2, -0.15) is 13.2 Å². The van der Waals surface area contributed by atoms with Crippen LogP contribution in [0.1, 0.15) is 15.9 Å². The molecule has 0 amide bonds. The van der Waals surface area contributed by atoms with Crippen LogP contribution in [-0.4, -0.2) is 13.1 Å². The number of alkyl halides is 3. The smallest absolute Gasteiger partial charge is 0.416 e. The molecule has 2 aromatic rings. The molecule has 2 aromatic carbocycles. The second-order valence-electron chi connectivity index (χ2n) is 4.03. The third-order valence-corrected chi connectivity index (χ3v) is 2.77. The van der Waals surface area contributed by atoms with E-state index in [9.17, 15) is 18.0 Å². The van der Waals surface area contributed by atoms with E-state index < -0.39 is 17.7 Å². The average Bonchev–Trinajstić information content (AvgIpc) is 2.45. The van der Waals surface area contributed by atoms with Crippen molar-refractivity contribution >= 4 is 5.97 Å². The molecule has 0 saturated heterocycles. The van der Waals surface area contributed by atoms with Crippen molar-refractivity contribution in [2.24, 2.45) is 0 Å². The molecule has 0 saturated carbocycles. The monoisotopic (exact) mass is 279 g/mol. The molecule has 0 fully saturated rings. The number of hydrogen-bond donors (Lipinski definition) is 0. The van der Waals surface area contributed by atoms with Gasteiger partial charge in [0.05, 0.1) is 18.2 Å². The highest BCUT2D eigenvalue weighted by Gasteiger charge is 2.30.